The number of aromatic nitrogens is 2. The van der Waals surface area contributed by atoms with Crippen LogP contribution in [0.4, 0.5) is 0 Å². The van der Waals surface area contributed by atoms with Crippen molar-refractivity contribution in [3.05, 3.63) is 52.2 Å². The lowest BCUT2D eigenvalue weighted by molar-refractivity contribution is -0.117. The summed E-state index contributed by atoms with van der Waals surface area (Å²) in [4.78, 5) is 29.5. The molecule has 2 aliphatic rings. The fourth-order valence-corrected chi connectivity index (χ4v) is 4.47. The average molecular weight is 337 g/mol. The Labute approximate surface area is 147 Å². The van der Waals surface area contributed by atoms with Gasteiger partial charge in [-0.05, 0) is 30.4 Å². The second kappa shape index (κ2) is 6.14. The highest BCUT2D eigenvalue weighted by atomic mass is 16.2. The minimum absolute atomic E-state index is 0.126. The third-order valence-electron chi connectivity index (χ3n) is 5.61. The lowest BCUT2D eigenvalue weighted by Crippen LogP contribution is -2.38. The van der Waals surface area contributed by atoms with E-state index in [2.05, 4.69) is 22.5 Å². The van der Waals surface area contributed by atoms with Gasteiger partial charge in [0.15, 0.2) is 0 Å². The summed E-state index contributed by atoms with van der Waals surface area (Å²) in [6.07, 6.45) is 8.18. The van der Waals surface area contributed by atoms with Crippen molar-refractivity contribution >= 4 is 5.91 Å². The molecule has 1 N–H and O–H groups in total. The summed E-state index contributed by atoms with van der Waals surface area (Å²) in [5, 5.41) is 0. The van der Waals surface area contributed by atoms with E-state index in [4.69, 9.17) is 0 Å². The monoisotopic (exact) mass is 337 g/mol. The summed E-state index contributed by atoms with van der Waals surface area (Å²) in [7, 11) is 0. The number of benzene rings is 1. The number of nitrogens with zero attached hydrogens (tertiary/aromatic N) is 2. The Hall–Kier alpha value is -2.43. The predicted molar refractivity (Wildman–Crippen MR) is 97.1 cm³/mol. The Morgan fingerprint density at radius 1 is 1.28 bits per heavy atom. The molecule has 5 heteroatoms. The molecule has 5 nitrogen and oxygen atoms in total. The highest BCUT2D eigenvalue weighted by Crippen LogP contribution is 2.50. The Morgan fingerprint density at radius 3 is 2.80 bits per heavy atom. The van der Waals surface area contributed by atoms with E-state index in [1.807, 2.05) is 19.1 Å². The summed E-state index contributed by atoms with van der Waals surface area (Å²) in [6.45, 7) is 1.94. The van der Waals surface area contributed by atoms with Crippen LogP contribution in [0.2, 0.25) is 0 Å². The number of rotatable bonds is 3. The highest BCUT2D eigenvalue weighted by Gasteiger charge is 2.42. The van der Waals surface area contributed by atoms with Gasteiger partial charge in [0.1, 0.15) is 6.33 Å². The van der Waals surface area contributed by atoms with E-state index in [1.54, 1.807) is 0 Å². The number of hydrogen-bond donors (Lipinski definition) is 1. The first-order chi connectivity index (χ1) is 12.1. The van der Waals surface area contributed by atoms with E-state index in [0.29, 0.717) is 12.0 Å². The van der Waals surface area contributed by atoms with Gasteiger partial charge in [0.2, 0.25) is 5.91 Å². The number of carbonyl (C=O) groups is 1. The molecule has 0 unspecified atom stereocenters. The van der Waals surface area contributed by atoms with Crippen molar-refractivity contribution in [2.45, 2.75) is 57.3 Å². The summed E-state index contributed by atoms with van der Waals surface area (Å²) < 4.78 is 1.24. The normalized spacial score (nSPS) is 17.2. The molecular weight excluding hydrogens is 314 g/mol. The quantitative estimate of drug-likeness (QED) is 0.936. The Balaban J connectivity index is 1.83. The molecule has 130 valence electrons. The number of amides is 1. The fraction of sp³-hybridized carbons (Fsp3) is 0.450. The summed E-state index contributed by atoms with van der Waals surface area (Å²) >= 11 is 0. The van der Waals surface area contributed by atoms with Gasteiger partial charge in [-0.25, -0.2) is 9.66 Å². The van der Waals surface area contributed by atoms with Crippen LogP contribution in [0.25, 0.3) is 11.1 Å². The molecule has 1 saturated carbocycles. The van der Waals surface area contributed by atoms with Crippen LogP contribution in [0.1, 0.15) is 56.7 Å². The van der Waals surface area contributed by atoms with Gasteiger partial charge in [0.25, 0.3) is 5.56 Å². The number of carbonyl (C=O) groups excluding carboxylic acids is 1. The topological polar surface area (TPSA) is 64.0 Å². The van der Waals surface area contributed by atoms with Crippen molar-refractivity contribution in [1.82, 2.24) is 9.66 Å². The van der Waals surface area contributed by atoms with Gasteiger partial charge < -0.3 is 0 Å². The SMILES string of the molecule is CCCC(=O)Nn1cnc2c(c1=O)-c1ccccc1C1(CCCC1)C2. The van der Waals surface area contributed by atoms with Crippen LogP contribution in [0.3, 0.4) is 0 Å². The Kier molecular flexibility index (Phi) is 3.94. The van der Waals surface area contributed by atoms with Crippen LogP contribution >= 0.6 is 0 Å². The molecule has 0 aliphatic heterocycles. The van der Waals surface area contributed by atoms with Gasteiger partial charge in [-0.3, -0.25) is 15.0 Å². The zero-order valence-electron chi connectivity index (χ0n) is 14.5. The zero-order chi connectivity index (χ0) is 17.4. The molecule has 25 heavy (non-hydrogen) atoms. The van der Waals surface area contributed by atoms with Crippen molar-refractivity contribution in [2.75, 3.05) is 5.43 Å². The summed E-state index contributed by atoms with van der Waals surface area (Å²) in [5.41, 5.74) is 6.37. The zero-order valence-corrected chi connectivity index (χ0v) is 14.5. The molecule has 0 bridgehead atoms. The third-order valence-corrected chi connectivity index (χ3v) is 5.61. The van der Waals surface area contributed by atoms with E-state index in [0.717, 1.165) is 36.9 Å². The molecule has 1 amide bonds. The Bertz CT molecular complexity index is 879. The lowest BCUT2D eigenvalue weighted by Gasteiger charge is -2.36. The molecular formula is C20H23N3O2. The molecule has 1 heterocycles. The molecule has 0 atom stereocenters. The third kappa shape index (κ3) is 2.58. The lowest BCUT2D eigenvalue weighted by atomic mass is 9.68. The second-order valence-corrected chi connectivity index (χ2v) is 7.24. The molecule has 0 radical (unpaired) electrons. The van der Waals surface area contributed by atoms with Gasteiger partial charge in [-0.2, -0.15) is 0 Å². The van der Waals surface area contributed by atoms with Gasteiger partial charge in [0.05, 0.1) is 11.3 Å². The molecule has 1 aromatic heterocycles. The van der Waals surface area contributed by atoms with Crippen molar-refractivity contribution in [2.24, 2.45) is 0 Å². The predicted octanol–water partition coefficient (Wildman–Crippen LogP) is 3.15. The minimum atomic E-state index is -0.185. The van der Waals surface area contributed by atoms with Gasteiger partial charge in [-0.15, -0.1) is 0 Å². The second-order valence-electron chi connectivity index (χ2n) is 7.24. The minimum Gasteiger partial charge on any atom is -0.273 e. The van der Waals surface area contributed by atoms with Crippen molar-refractivity contribution in [3.63, 3.8) is 0 Å². The summed E-state index contributed by atoms with van der Waals surface area (Å²) in [5.74, 6) is -0.164. The van der Waals surface area contributed by atoms with Crippen molar-refractivity contribution < 1.29 is 4.79 Å². The van der Waals surface area contributed by atoms with E-state index < -0.39 is 0 Å². The maximum Gasteiger partial charge on any atom is 0.280 e. The number of hydrogen-bond acceptors (Lipinski definition) is 3. The molecule has 2 aliphatic carbocycles. The van der Waals surface area contributed by atoms with Gasteiger partial charge in [-0.1, -0.05) is 44.0 Å². The van der Waals surface area contributed by atoms with Gasteiger partial charge in [0, 0.05) is 18.3 Å². The average Bonchev–Trinajstić information content (AvgIpc) is 3.07. The highest BCUT2D eigenvalue weighted by molar-refractivity contribution is 5.83. The molecule has 1 spiro atoms. The smallest absolute Gasteiger partial charge is 0.273 e. The summed E-state index contributed by atoms with van der Waals surface area (Å²) in [6, 6.07) is 8.22. The van der Waals surface area contributed by atoms with Crippen molar-refractivity contribution in [1.29, 1.82) is 0 Å². The van der Waals surface area contributed by atoms with Crippen LogP contribution in [-0.2, 0) is 16.6 Å². The molecule has 1 fully saturated rings. The first-order valence-electron chi connectivity index (χ1n) is 9.15. The van der Waals surface area contributed by atoms with Crippen LogP contribution in [0, 0.1) is 0 Å². The van der Waals surface area contributed by atoms with E-state index in [-0.39, 0.29) is 16.9 Å². The molecule has 1 aromatic carbocycles. The van der Waals surface area contributed by atoms with Crippen LogP contribution in [0.5, 0.6) is 0 Å². The first kappa shape index (κ1) is 16.1. The standard InChI is InChI=1S/C20H23N3O2/c1-2-7-17(24)22-23-13-21-16-12-20(10-5-6-11-20)15-9-4-3-8-14(15)18(16)19(23)25/h3-4,8-9,13H,2,5-7,10-12H2,1H3,(H,22,24). The van der Waals surface area contributed by atoms with E-state index in [9.17, 15) is 9.59 Å². The van der Waals surface area contributed by atoms with Crippen LogP contribution in [0.15, 0.2) is 35.4 Å². The maximum atomic E-state index is 13.0. The number of fused-ring (bicyclic) bond motifs is 4. The van der Waals surface area contributed by atoms with E-state index >= 15 is 0 Å². The molecule has 2 aromatic rings. The fourth-order valence-electron chi connectivity index (χ4n) is 4.47. The van der Waals surface area contributed by atoms with Gasteiger partial charge >= 0.3 is 0 Å². The maximum absolute atomic E-state index is 13.0. The molecule has 4 rings (SSSR count). The van der Waals surface area contributed by atoms with Crippen LogP contribution < -0.4 is 11.0 Å². The van der Waals surface area contributed by atoms with Crippen molar-refractivity contribution in [3.8, 4) is 11.1 Å². The largest absolute Gasteiger partial charge is 0.280 e. The number of nitrogens with one attached hydrogen (secondary N) is 1. The first-order valence-corrected chi connectivity index (χ1v) is 9.15. The Morgan fingerprint density at radius 2 is 2.04 bits per heavy atom. The van der Waals surface area contributed by atoms with E-state index in [1.165, 1.54) is 29.4 Å². The van der Waals surface area contributed by atoms with Crippen LogP contribution in [-0.4, -0.2) is 15.6 Å². The molecule has 0 saturated heterocycles.